The van der Waals surface area contributed by atoms with Crippen molar-refractivity contribution < 1.29 is 4.79 Å². The Morgan fingerprint density at radius 1 is 1.15 bits per heavy atom. The van der Waals surface area contributed by atoms with Crippen LogP contribution in [0.15, 0.2) is 70.7 Å². The van der Waals surface area contributed by atoms with Gasteiger partial charge in [-0.05, 0) is 42.7 Å². The molecule has 2 aromatic heterocycles. The van der Waals surface area contributed by atoms with Crippen LogP contribution in [0.25, 0.3) is 16.7 Å². The summed E-state index contributed by atoms with van der Waals surface area (Å²) in [5.74, 6) is 0.589. The van der Waals surface area contributed by atoms with Gasteiger partial charge in [-0.2, -0.15) is 5.10 Å². The molecule has 1 amide bonds. The highest BCUT2D eigenvalue weighted by Crippen LogP contribution is 2.33. The highest BCUT2D eigenvalue weighted by atomic mass is 35.5. The Balaban J connectivity index is 1.28. The lowest BCUT2D eigenvalue weighted by molar-refractivity contribution is -0.121. The molecular formula is C24H22ClN5O2S. The quantitative estimate of drug-likeness (QED) is 0.320. The first-order valence-electron chi connectivity index (χ1n) is 10.8. The Bertz CT molecular complexity index is 1350. The fourth-order valence-electron chi connectivity index (χ4n) is 4.00. The molecule has 1 aliphatic rings. The molecule has 1 aliphatic heterocycles. The number of aryl methyl sites for hydroxylation is 1. The summed E-state index contributed by atoms with van der Waals surface area (Å²) in [5, 5.41) is 9.03. The molecule has 0 saturated heterocycles. The molecule has 0 bridgehead atoms. The number of halogens is 1. The van der Waals surface area contributed by atoms with Gasteiger partial charge in [0.15, 0.2) is 10.8 Å². The zero-order valence-corrected chi connectivity index (χ0v) is 19.4. The Morgan fingerprint density at radius 3 is 2.73 bits per heavy atom. The van der Waals surface area contributed by atoms with Crippen molar-refractivity contribution in [2.75, 3.05) is 12.3 Å². The number of hydrogen-bond donors (Lipinski definition) is 1. The summed E-state index contributed by atoms with van der Waals surface area (Å²) in [6.07, 6.45) is 3.58. The lowest BCUT2D eigenvalue weighted by Gasteiger charge is -2.13. The summed E-state index contributed by atoms with van der Waals surface area (Å²) < 4.78 is 3.28. The van der Waals surface area contributed by atoms with Gasteiger partial charge in [-0.1, -0.05) is 53.7 Å². The zero-order valence-electron chi connectivity index (χ0n) is 17.8. The summed E-state index contributed by atoms with van der Waals surface area (Å²) in [6.45, 7) is 0.612. The number of carbonyl (C=O) groups is 1. The molecule has 1 atom stereocenters. The van der Waals surface area contributed by atoms with E-state index < -0.39 is 0 Å². The SMILES string of the molecule is O=C(CC1CSc2nc3c(cnn3-c3ccc(Cl)cc3)c(=O)n21)NCCCc1ccccc1. The van der Waals surface area contributed by atoms with E-state index >= 15 is 0 Å². The van der Waals surface area contributed by atoms with E-state index in [4.69, 9.17) is 16.6 Å². The highest BCUT2D eigenvalue weighted by Gasteiger charge is 2.29. The smallest absolute Gasteiger partial charge is 0.265 e. The molecule has 168 valence electrons. The molecule has 0 radical (unpaired) electrons. The third kappa shape index (κ3) is 4.54. The van der Waals surface area contributed by atoms with E-state index in [0.717, 1.165) is 18.5 Å². The number of fused-ring (bicyclic) bond motifs is 2. The second-order valence-corrected chi connectivity index (χ2v) is 9.37. The maximum absolute atomic E-state index is 13.2. The second kappa shape index (κ2) is 9.41. The predicted molar refractivity (Wildman–Crippen MR) is 130 cm³/mol. The number of hydrogen-bond acceptors (Lipinski definition) is 5. The van der Waals surface area contributed by atoms with Crippen LogP contribution in [0.5, 0.6) is 0 Å². The van der Waals surface area contributed by atoms with Crippen molar-refractivity contribution >= 4 is 40.3 Å². The van der Waals surface area contributed by atoms with E-state index in [1.807, 2.05) is 30.3 Å². The van der Waals surface area contributed by atoms with Crippen LogP contribution >= 0.6 is 23.4 Å². The first-order chi connectivity index (χ1) is 16.1. The molecule has 0 saturated carbocycles. The van der Waals surface area contributed by atoms with Crippen molar-refractivity contribution in [1.29, 1.82) is 0 Å². The second-order valence-electron chi connectivity index (χ2n) is 7.95. The molecule has 0 fully saturated rings. The van der Waals surface area contributed by atoms with Gasteiger partial charge < -0.3 is 5.32 Å². The Morgan fingerprint density at radius 2 is 1.94 bits per heavy atom. The van der Waals surface area contributed by atoms with Crippen LogP contribution in [0.1, 0.15) is 24.4 Å². The Labute approximate surface area is 199 Å². The van der Waals surface area contributed by atoms with Gasteiger partial charge in [0.1, 0.15) is 5.39 Å². The molecule has 7 nitrogen and oxygen atoms in total. The van der Waals surface area contributed by atoms with Gasteiger partial charge in [0.05, 0.1) is 17.9 Å². The van der Waals surface area contributed by atoms with Crippen LogP contribution in [-0.2, 0) is 11.2 Å². The van der Waals surface area contributed by atoms with Gasteiger partial charge >= 0.3 is 0 Å². The van der Waals surface area contributed by atoms with E-state index in [-0.39, 0.29) is 23.9 Å². The molecular weight excluding hydrogens is 458 g/mol. The standard InChI is InChI=1S/C24H22ClN5O2S/c25-17-8-10-18(11-9-17)30-22-20(14-27-30)23(32)29-19(15-33-24(29)28-22)13-21(31)26-12-4-7-16-5-2-1-3-6-16/h1-3,5-6,8-11,14,19H,4,7,12-13,15H2,(H,26,31). The predicted octanol–water partition coefficient (Wildman–Crippen LogP) is 4.02. The first-order valence-corrected chi connectivity index (χ1v) is 12.2. The van der Waals surface area contributed by atoms with Crippen molar-refractivity contribution in [3.63, 3.8) is 0 Å². The third-order valence-corrected chi connectivity index (χ3v) is 7.02. The summed E-state index contributed by atoms with van der Waals surface area (Å²) in [7, 11) is 0. The maximum Gasteiger partial charge on any atom is 0.265 e. The molecule has 1 N–H and O–H groups in total. The molecule has 33 heavy (non-hydrogen) atoms. The summed E-state index contributed by atoms with van der Waals surface area (Å²) in [4.78, 5) is 30.5. The number of rotatable bonds is 7. The molecule has 0 aliphatic carbocycles. The normalized spacial score (nSPS) is 15.0. The van der Waals surface area contributed by atoms with Crippen LogP contribution in [-0.4, -0.2) is 37.5 Å². The Hall–Kier alpha value is -3.10. The van der Waals surface area contributed by atoms with Crippen molar-refractivity contribution in [1.82, 2.24) is 24.6 Å². The zero-order chi connectivity index (χ0) is 22.8. The van der Waals surface area contributed by atoms with Crippen molar-refractivity contribution in [2.45, 2.75) is 30.5 Å². The lowest BCUT2D eigenvalue weighted by Crippen LogP contribution is -2.31. The number of carbonyl (C=O) groups excluding carboxylic acids is 1. The fraction of sp³-hybridized carbons (Fsp3) is 0.250. The topological polar surface area (TPSA) is 81.8 Å². The largest absolute Gasteiger partial charge is 0.356 e. The van der Waals surface area contributed by atoms with E-state index in [1.165, 1.54) is 23.5 Å². The summed E-state index contributed by atoms with van der Waals surface area (Å²) in [6, 6.07) is 17.2. The first kappa shape index (κ1) is 21.7. The molecule has 9 heteroatoms. The molecule has 2 aromatic carbocycles. The molecule has 1 unspecified atom stereocenters. The Kier molecular flexibility index (Phi) is 6.20. The van der Waals surface area contributed by atoms with E-state index in [2.05, 4.69) is 22.5 Å². The minimum Gasteiger partial charge on any atom is -0.356 e. The number of thioether (sulfide) groups is 1. The van der Waals surface area contributed by atoms with E-state index in [1.54, 1.807) is 21.4 Å². The minimum absolute atomic E-state index is 0.0506. The molecule has 3 heterocycles. The third-order valence-electron chi connectivity index (χ3n) is 5.67. The highest BCUT2D eigenvalue weighted by molar-refractivity contribution is 7.99. The van der Waals surface area contributed by atoms with Crippen LogP contribution in [0, 0.1) is 0 Å². The average molecular weight is 480 g/mol. The summed E-state index contributed by atoms with van der Waals surface area (Å²) in [5.41, 5.74) is 2.38. The lowest BCUT2D eigenvalue weighted by atomic mass is 10.1. The van der Waals surface area contributed by atoms with Crippen molar-refractivity contribution in [2.24, 2.45) is 0 Å². The molecule has 0 spiro atoms. The number of nitrogens with one attached hydrogen (secondary N) is 1. The summed E-state index contributed by atoms with van der Waals surface area (Å²) >= 11 is 7.48. The monoisotopic (exact) mass is 479 g/mol. The van der Waals surface area contributed by atoms with Crippen molar-refractivity contribution in [3.8, 4) is 5.69 Å². The van der Waals surface area contributed by atoms with Crippen LogP contribution in [0.4, 0.5) is 0 Å². The number of aromatic nitrogens is 4. The van der Waals surface area contributed by atoms with Gasteiger partial charge in [-0.25, -0.2) is 9.67 Å². The number of amides is 1. The van der Waals surface area contributed by atoms with Gasteiger partial charge in [-0.3, -0.25) is 14.2 Å². The fourth-order valence-corrected chi connectivity index (χ4v) is 5.26. The molecule has 4 aromatic rings. The van der Waals surface area contributed by atoms with Crippen molar-refractivity contribution in [3.05, 3.63) is 81.7 Å². The minimum atomic E-state index is -0.220. The number of benzene rings is 2. The van der Waals surface area contributed by atoms with E-state index in [0.29, 0.717) is 33.5 Å². The van der Waals surface area contributed by atoms with E-state index in [9.17, 15) is 9.59 Å². The van der Waals surface area contributed by atoms with Gasteiger partial charge in [-0.15, -0.1) is 0 Å². The maximum atomic E-state index is 13.2. The average Bonchev–Trinajstić information content (AvgIpc) is 3.43. The van der Waals surface area contributed by atoms with Crippen LogP contribution in [0.2, 0.25) is 5.02 Å². The van der Waals surface area contributed by atoms with Gasteiger partial charge in [0, 0.05) is 23.7 Å². The number of nitrogens with zero attached hydrogens (tertiary/aromatic N) is 4. The molecule has 5 rings (SSSR count). The van der Waals surface area contributed by atoms with Crippen LogP contribution in [0.3, 0.4) is 0 Å². The van der Waals surface area contributed by atoms with Crippen LogP contribution < -0.4 is 10.9 Å². The van der Waals surface area contributed by atoms with Gasteiger partial charge in [0.25, 0.3) is 5.56 Å². The van der Waals surface area contributed by atoms with Gasteiger partial charge in [0.2, 0.25) is 5.91 Å².